The summed E-state index contributed by atoms with van der Waals surface area (Å²) in [6, 6.07) is 12.1. The first-order chi connectivity index (χ1) is 10.7. The van der Waals surface area contributed by atoms with Crippen LogP contribution >= 0.6 is 11.3 Å². The van der Waals surface area contributed by atoms with E-state index < -0.39 is 0 Å². The summed E-state index contributed by atoms with van der Waals surface area (Å²) in [5.41, 5.74) is 9.72. The van der Waals surface area contributed by atoms with Gasteiger partial charge in [0.1, 0.15) is 10.3 Å². The lowest BCUT2D eigenvalue weighted by Gasteiger charge is -2.32. The fourth-order valence-electron chi connectivity index (χ4n) is 2.83. The number of nitrogens with zero attached hydrogens (tertiary/aromatic N) is 3. The maximum absolute atomic E-state index is 6.31. The van der Waals surface area contributed by atoms with Gasteiger partial charge in [-0.2, -0.15) is 0 Å². The lowest BCUT2D eigenvalue weighted by atomic mass is 9.96. The highest BCUT2D eigenvalue weighted by molar-refractivity contribution is 7.21. The van der Waals surface area contributed by atoms with E-state index in [1.165, 1.54) is 11.1 Å². The topological polar surface area (TPSA) is 64.3 Å². The molecule has 3 heterocycles. The standard InChI is InChI=1S/C16H16N4OS/c1-21-14-7-6-13-15(19-14)22-16(18-13)20-8-10-4-2-3-5-11(10)12(17)9-20/h2-7,12H,8-9,17H2,1H3. The predicted octanol–water partition coefficient (Wildman–Crippen LogP) is 2.72. The van der Waals surface area contributed by atoms with Gasteiger partial charge in [0.25, 0.3) is 0 Å². The molecule has 0 radical (unpaired) electrons. The number of hydrogen-bond donors (Lipinski definition) is 1. The highest BCUT2D eigenvalue weighted by Crippen LogP contribution is 2.34. The lowest BCUT2D eigenvalue weighted by molar-refractivity contribution is 0.400. The Morgan fingerprint density at radius 3 is 2.95 bits per heavy atom. The van der Waals surface area contributed by atoms with E-state index in [0.717, 1.165) is 28.6 Å². The van der Waals surface area contributed by atoms with Crippen molar-refractivity contribution in [2.24, 2.45) is 5.73 Å². The van der Waals surface area contributed by atoms with Crippen molar-refractivity contribution in [2.75, 3.05) is 18.6 Å². The highest BCUT2D eigenvalue weighted by atomic mass is 32.1. The van der Waals surface area contributed by atoms with Crippen molar-refractivity contribution in [3.8, 4) is 5.88 Å². The number of benzene rings is 1. The van der Waals surface area contributed by atoms with Gasteiger partial charge in [0.2, 0.25) is 5.88 Å². The summed E-state index contributed by atoms with van der Waals surface area (Å²) in [4.78, 5) is 12.3. The molecule has 1 aliphatic rings. The van der Waals surface area contributed by atoms with Crippen LogP contribution in [-0.2, 0) is 6.54 Å². The lowest BCUT2D eigenvalue weighted by Crippen LogP contribution is -2.37. The number of anilines is 1. The predicted molar refractivity (Wildman–Crippen MR) is 88.4 cm³/mol. The van der Waals surface area contributed by atoms with Crippen LogP contribution in [0.2, 0.25) is 0 Å². The first-order valence-electron chi connectivity index (χ1n) is 7.14. The third-order valence-corrected chi connectivity index (χ3v) is 4.96. The van der Waals surface area contributed by atoms with Gasteiger partial charge in [-0.3, -0.25) is 0 Å². The van der Waals surface area contributed by atoms with Crippen LogP contribution in [0.4, 0.5) is 5.13 Å². The Labute approximate surface area is 132 Å². The molecule has 112 valence electrons. The third kappa shape index (κ3) is 2.20. The maximum atomic E-state index is 6.31. The summed E-state index contributed by atoms with van der Waals surface area (Å²) in [6.07, 6.45) is 0. The highest BCUT2D eigenvalue weighted by Gasteiger charge is 2.24. The Balaban J connectivity index is 1.71. The summed E-state index contributed by atoms with van der Waals surface area (Å²) >= 11 is 1.58. The van der Waals surface area contributed by atoms with Crippen LogP contribution in [0.1, 0.15) is 17.2 Å². The number of fused-ring (bicyclic) bond motifs is 2. The Morgan fingerprint density at radius 1 is 1.23 bits per heavy atom. The van der Waals surface area contributed by atoms with Gasteiger partial charge in [-0.15, -0.1) is 0 Å². The number of nitrogens with two attached hydrogens (primary N) is 1. The number of pyridine rings is 1. The number of rotatable bonds is 2. The summed E-state index contributed by atoms with van der Waals surface area (Å²) < 4.78 is 5.17. The van der Waals surface area contributed by atoms with Crippen LogP contribution in [0.3, 0.4) is 0 Å². The Hall–Kier alpha value is -2.18. The molecule has 1 atom stereocenters. The summed E-state index contributed by atoms with van der Waals surface area (Å²) in [7, 11) is 1.62. The van der Waals surface area contributed by atoms with Gasteiger partial charge in [-0.1, -0.05) is 35.6 Å². The fraction of sp³-hybridized carbons (Fsp3) is 0.250. The number of aromatic nitrogens is 2. The van der Waals surface area contributed by atoms with E-state index in [1.807, 2.05) is 18.2 Å². The zero-order valence-corrected chi connectivity index (χ0v) is 13.0. The Morgan fingerprint density at radius 2 is 2.09 bits per heavy atom. The third-order valence-electron chi connectivity index (χ3n) is 3.93. The van der Waals surface area contributed by atoms with Gasteiger partial charge in [0, 0.05) is 25.2 Å². The molecule has 2 N–H and O–H groups in total. The van der Waals surface area contributed by atoms with E-state index in [-0.39, 0.29) is 6.04 Å². The Kier molecular flexibility index (Phi) is 3.20. The molecule has 0 saturated carbocycles. The molecule has 1 aliphatic heterocycles. The number of thiazole rings is 1. The van der Waals surface area contributed by atoms with Gasteiger partial charge >= 0.3 is 0 Å². The SMILES string of the molecule is COc1ccc2nc(N3Cc4ccccc4C(N)C3)sc2n1. The minimum absolute atomic E-state index is 0.0134. The zero-order valence-electron chi connectivity index (χ0n) is 12.2. The minimum atomic E-state index is 0.0134. The second kappa shape index (κ2) is 5.23. The monoisotopic (exact) mass is 312 g/mol. The quantitative estimate of drug-likeness (QED) is 0.788. The molecule has 0 saturated heterocycles. The van der Waals surface area contributed by atoms with Crippen molar-refractivity contribution in [2.45, 2.75) is 12.6 Å². The van der Waals surface area contributed by atoms with Crippen LogP contribution in [0.5, 0.6) is 5.88 Å². The number of methoxy groups -OCH3 is 1. The van der Waals surface area contributed by atoms with Crippen molar-refractivity contribution in [1.82, 2.24) is 9.97 Å². The van der Waals surface area contributed by atoms with Crippen molar-refractivity contribution in [3.63, 3.8) is 0 Å². The van der Waals surface area contributed by atoms with Crippen molar-refractivity contribution in [3.05, 3.63) is 47.5 Å². The van der Waals surface area contributed by atoms with Crippen LogP contribution in [0, 0.1) is 0 Å². The molecule has 22 heavy (non-hydrogen) atoms. The van der Waals surface area contributed by atoms with Crippen LogP contribution in [0.15, 0.2) is 36.4 Å². The molecular weight excluding hydrogens is 296 g/mol. The maximum Gasteiger partial charge on any atom is 0.214 e. The smallest absolute Gasteiger partial charge is 0.214 e. The summed E-state index contributed by atoms with van der Waals surface area (Å²) in [5, 5.41) is 0.959. The van der Waals surface area contributed by atoms with Gasteiger partial charge in [0.15, 0.2) is 5.13 Å². The first-order valence-corrected chi connectivity index (χ1v) is 7.96. The molecule has 2 aromatic heterocycles. The molecule has 6 heteroatoms. The molecule has 3 aromatic rings. The van der Waals surface area contributed by atoms with Crippen molar-refractivity contribution < 1.29 is 4.74 Å². The van der Waals surface area contributed by atoms with E-state index in [9.17, 15) is 0 Å². The second-order valence-corrected chi connectivity index (χ2v) is 6.32. The molecule has 0 bridgehead atoms. The average molecular weight is 312 g/mol. The molecule has 5 nitrogen and oxygen atoms in total. The number of hydrogen-bond acceptors (Lipinski definition) is 6. The van der Waals surface area contributed by atoms with Gasteiger partial charge in [0.05, 0.1) is 7.11 Å². The Bertz CT molecular complexity index is 832. The fourth-order valence-corrected chi connectivity index (χ4v) is 3.77. The molecule has 0 fully saturated rings. The largest absolute Gasteiger partial charge is 0.481 e. The van der Waals surface area contributed by atoms with Crippen molar-refractivity contribution in [1.29, 1.82) is 0 Å². The molecule has 0 amide bonds. The number of ether oxygens (including phenoxy) is 1. The van der Waals surface area contributed by atoms with E-state index in [0.29, 0.717) is 5.88 Å². The van der Waals surface area contributed by atoms with Gasteiger partial charge in [-0.05, 0) is 17.2 Å². The molecular formula is C16H16N4OS. The normalized spacial score (nSPS) is 17.5. The molecule has 0 aliphatic carbocycles. The summed E-state index contributed by atoms with van der Waals surface area (Å²) in [6.45, 7) is 1.61. The molecule has 0 spiro atoms. The van der Waals surface area contributed by atoms with Crippen LogP contribution in [-0.4, -0.2) is 23.6 Å². The van der Waals surface area contributed by atoms with E-state index >= 15 is 0 Å². The summed E-state index contributed by atoms with van der Waals surface area (Å²) in [5.74, 6) is 0.614. The van der Waals surface area contributed by atoms with Gasteiger partial charge < -0.3 is 15.4 Å². The molecule has 1 aromatic carbocycles. The van der Waals surface area contributed by atoms with Crippen LogP contribution in [0.25, 0.3) is 10.3 Å². The first kappa shape index (κ1) is 13.5. The average Bonchev–Trinajstić information content (AvgIpc) is 2.98. The van der Waals surface area contributed by atoms with Gasteiger partial charge in [-0.25, -0.2) is 9.97 Å². The van der Waals surface area contributed by atoms with Crippen molar-refractivity contribution >= 4 is 26.8 Å². The van der Waals surface area contributed by atoms with E-state index in [1.54, 1.807) is 18.4 Å². The van der Waals surface area contributed by atoms with E-state index in [4.69, 9.17) is 10.5 Å². The molecule has 4 rings (SSSR count). The zero-order chi connectivity index (χ0) is 15.1. The minimum Gasteiger partial charge on any atom is -0.481 e. The second-order valence-electron chi connectivity index (χ2n) is 5.36. The van der Waals surface area contributed by atoms with E-state index in [2.05, 4.69) is 33.1 Å². The van der Waals surface area contributed by atoms with Crippen LogP contribution < -0.4 is 15.4 Å². The molecule has 1 unspecified atom stereocenters.